The molecule has 1 fully saturated rings. The van der Waals surface area contributed by atoms with Crippen LogP contribution in [-0.2, 0) is 13.6 Å². The Morgan fingerprint density at radius 2 is 1.93 bits per heavy atom. The second-order valence-electron chi connectivity index (χ2n) is 7.66. The lowest BCUT2D eigenvalue weighted by Gasteiger charge is -2.25. The molecular weight excluding hydrogens is 368 g/mol. The number of nitrogens with zero attached hydrogens (tertiary/aromatic N) is 2. The molecule has 6 heteroatoms. The van der Waals surface area contributed by atoms with Crippen molar-refractivity contribution < 1.29 is 13.9 Å². The fraction of sp³-hybridized carbons (Fsp3) is 0.391. The van der Waals surface area contributed by atoms with Crippen molar-refractivity contribution in [2.24, 2.45) is 7.05 Å². The lowest BCUT2D eigenvalue weighted by molar-refractivity contribution is 0.0919. The summed E-state index contributed by atoms with van der Waals surface area (Å²) in [5.41, 5.74) is 2.25. The Balaban J connectivity index is 1.46. The number of carbonyl (C=O) groups is 1. The Morgan fingerprint density at radius 1 is 1.17 bits per heavy atom. The summed E-state index contributed by atoms with van der Waals surface area (Å²) in [4.78, 5) is 27.5. The number of rotatable bonds is 6. The van der Waals surface area contributed by atoms with Gasteiger partial charge in [0, 0.05) is 35.3 Å². The van der Waals surface area contributed by atoms with E-state index in [-0.39, 0.29) is 23.6 Å². The van der Waals surface area contributed by atoms with Crippen LogP contribution in [0.1, 0.15) is 41.1 Å². The van der Waals surface area contributed by atoms with Crippen molar-refractivity contribution in [3.63, 3.8) is 0 Å². The number of benzene rings is 1. The lowest BCUT2D eigenvalue weighted by Crippen LogP contribution is -2.29. The van der Waals surface area contributed by atoms with Crippen LogP contribution in [0.5, 0.6) is 5.75 Å². The van der Waals surface area contributed by atoms with Crippen LogP contribution < -0.4 is 10.2 Å². The van der Waals surface area contributed by atoms with Gasteiger partial charge in [-0.25, -0.2) is 0 Å². The molecular formula is C23H26N2O4. The van der Waals surface area contributed by atoms with Crippen LogP contribution in [-0.4, -0.2) is 34.9 Å². The van der Waals surface area contributed by atoms with Gasteiger partial charge in [0.05, 0.1) is 6.54 Å². The number of ether oxygens (including phenoxy) is 1. The monoisotopic (exact) mass is 394 g/mol. The van der Waals surface area contributed by atoms with E-state index in [9.17, 15) is 9.59 Å². The first kappa shape index (κ1) is 19.5. The summed E-state index contributed by atoms with van der Waals surface area (Å²) >= 11 is 0. The molecule has 2 aromatic heterocycles. The number of likely N-dealkylation sites (tertiary alicyclic amines) is 1. The summed E-state index contributed by atoms with van der Waals surface area (Å²) in [6.07, 6.45) is 4.95. The fourth-order valence-corrected chi connectivity index (χ4v) is 4.05. The van der Waals surface area contributed by atoms with Crippen LogP contribution in [0, 0.1) is 6.92 Å². The van der Waals surface area contributed by atoms with E-state index in [4.69, 9.17) is 9.15 Å². The van der Waals surface area contributed by atoms with Gasteiger partial charge in [-0.3, -0.25) is 14.5 Å². The predicted octanol–water partition coefficient (Wildman–Crippen LogP) is 3.69. The average Bonchev–Trinajstić information content (AvgIpc) is 2.99. The molecule has 0 amide bonds. The number of para-hydroxylation sites is 1. The first-order valence-electron chi connectivity index (χ1n) is 10.1. The molecule has 3 heterocycles. The van der Waals surface area contributed by atoms with Gasteiger partial charge in [0.2, 0.25) is 17.0 Å². The van der Waals surface area contributed by atoms with E-state index in [0.29, 0.717) is 17.9 Å². The first-order valence-corrected chi connectivity index (χ1v) is 10.1. The molecule has 6 nitrogen and oxygen atoms in total. The van der Waals surface area contributed by atoms with E-state index in [2.05, 4.69) is 4.90 Å². The van der Waals surface area contributed by atoms with Crippen LogP contribution in [0.3, 0.4) is 0 Å². The third-order valence-corrected chi connectivity index (χ3v) is 5.72. The Labute approximate surface area is 169 Å². The minimum absolute atomic E-state index is 0.0682. The summed E-state index contributed by atoms with van der Waals surface area (Å²) in [5, 5.41) is 0.894. The molecule has 0 spiro atoms. The van der Waals surface area contributed by atoms with Gasteiger partial charge in [-0.1, -0.05) is 24.6 Å². The van der Waals surface area contributed by atoms with Crippen molar-refractivity contribution >= 4 is 16.7 Å². The van der Waals surface area contributed by atoms with Gasteiger partial charge in [0.25, 0.3) is 0 Å². The largest absolute Gasteiger partial charge is 0.478 e. The van der Waals surface area contributed by atoms with Crippen LogP contribution >= 0.6 is 0 Å². The summed E-state index contributed by atoms with van der Waals surface area (Å²) in [6.45, 7) is 4.40. The molecule has 0 atom stereocenters. The number of ketones is 1. The van der Waals surface area contributed by atoms with Crippen LogP contribution in [0.2, 0.25) is 0 Å². The van der Waals surface area contributed by atoms with Crippen molar-refractivity contribution in [2.75, 3.05) is 19.7 Å². The fourth-order valence-electron chi connectivity index (χ4n) is 4.05. The molecule has 0 aliphatic carbocycles. The molecule has 1 saturated heterocycles. The molecule has 1 aliphatic heterocycles. The zero-order valence-corrected chi connectivity index (χ0v) is 16.9. The van der Waals surface area contributed by atoms with Crippen molar-refractivity contribution in [1.29, 1.82) is 0 Å². The van der Waals surface area contributed by atoms with E-state index in [1.807, 2.05) is 42.8 Å². The zero-order chi connectivity index (χ0) is 20.4. The van der Waals surface area contributed by atoms with E-state index in [1.54, 1.807) is 0 Å². The van der Waals surface area contributed by atoms with E-state index >= 15 is 0 Å². The number of fused-ring (bicyclic) bond motifs is 1. The highest BCUT2D eigenvalue weighted by molar-refractivity contribution is 6.10. The molecule has 0 radical (unpaired) electrons. The van der Waals surface area contributed by atoms with E-state index in [0.717, 1.165) is 29.7 Å². The summed E-state index contributed by atoms with van der Waals surface area (Å²) < 4.78 is 13.1. The smallest absolute Gasteiger partial charge is 0.227 e. The SMILES string of the molecule is Cc1c(C(=O)COc2coc(CN3CCCCC3)cc2=O)c2ccccc2n1C. The summed E-state index contributed by atoms with van der Waals surface area (Å²) in [5.74, 6) is 0.537. The number of aromatic nitrogens is 1. The number of hydrogen-bond donors (Lipinski definition) is 0. The van der Waals surface area contributed by atoms with Gasteiger partial charge in [0.15, 0.2) is 6.61 Å². The minimum atomic E-state index is -0.259. The number of Topliss-reactive ketones (excluding diaryl/α,β-unsaturated/α-hetero) is 1. The molecule has 0 N–H and O–H groups in total. The molecule has 1 aromatic carbocycles. The van der Waals surface area contributed by atoms with Gasteiger partial charge in [-0.15, -0.1) is 0 Å². The summed E-state index contributed by atoms with van der Waals surface area (Å²) in [6, 6.07) is 9.24. The lowest BCUT2D eigenvalue weighted by atomic mass is 10.1. The Kier molecular flexibility index (Phi) is 5.53. The quantitative estimate of drug-likeness (QED) is 0.597. The minimum Gasteiger partial charge on any atom is -0.478 e. The maximum atomic E-state index is 12.8. The number of hydrogen-bond acceptors (Lipinski definition) is 5. The van der Waals surface area contributed by atoms with Crippen LogP contribution in [0.25, 0.3) is 10.9 Å². The molecule has 1 aliphatic rings. The topological polar surface area (TPSA) is 64.7 Å². The van der Waals surface area contributed by atoms with Gasteiger partial charge in [-0.05, 0) is 38.9 Å². The van der Waals surface area contributed by atoms with E-state index in [1.165, 1.54) is 31.6 Å². The highest BCUT2D eigenvalue weighted by Gasteiger charge is 2.19. The van der Waals surface area contributed by atoms with Gasteiger partial charge >= 0.3 is 0 Å². The Bertz CT molecular complexity index is 1090. The zero-order valence-electron chi connectivity index (χ0n) is 16.9. The molecule has 0 saturated carbocycles. The number of aryl methyl sites for hydroxylation is 1. The summed E-state index contributed by atoms with van der Waals surface area (Å²) in [7, 11) is 1.94. The van der Waals surface area contributed by atoms with Crippen molar-refractivity contribution in [3.8, 4) is 5.75 Å². The second kappa shape index (κ2) is 8.25. The third kappa shape index (κ3) is 3.98. The maximum absolute atomic E-state index is 12.8. The number of carbonyl (C=O) groups excluding carboxylic acids is 1. The van der Waals surface area contributed by atoms with Gasteiger partial charge in [-0.2, -0.15) is 0 Å². The first-order chi connectivity index (χ1) is 14.0. The van der Waals surface area contributed by atoms with Crippen molar-refractivity contribution in [1.82, 2.24) is 9.47 Å². The standard InChI is InChI=1S/C23H26N2O4/c1-16-23(18-8-4-5-9-19(18)24(16)2)21(27)14-29-22-15-28-17(12-20(22)26)13-25-10-6-3-7-11-25/h4-5,8-9,12,15H,3,6-7,10-11,13-14H2,1-2H3. The van der Waals surface area contributed by atoms with E-state index < -0.39 is 0 Å². The Morgan fingerprint density at radius 3 is 2.69 bits per heavy atom. The average molecular weight is 394 g/mol. The predicted molar refractivity (Wildman–Crippen MR) is 112 cm³/mol. The van der Waals surface area contributed by atoms with Gasteiger partial charge in [0.1, 0.15) is 12.0 Å². The van der Waals surface area contributed by atoms with Gasteiger partial charge < -0.3 is 13.7 Å². The molecule has 0 unspecified atom stereocenters. The van der Waals surface area contributed by atoms with Crippen LogP contribution in [0.15, 0.2) is 45.8 Å². The highest BCUT2D eigenvalue weighted by atomic mass is 16.5. The normalized spacial score (nSPS) is 15.0. The molecule has 0 bridgehead atoms. The maximum Gasteiger partial charge on any atom is 0.227 e. The highest BCUT2D eigenvalue weighted by Crippen LogP contribution is 2.25. The molecule has 4 rings (SSSR count). The van der Waals surface area contributed by atoms with Crippen molar-refractivity contribution in [2.45, 2.75) is 32.7 Å². The molecule has 29 heavy (non-hydrogen) atoms. The second-order valence-corrected chi connectivity index (χ2v) is 7.66. The Hall–Kier alpha value is -2.86. The molecule has 152 valence electrons. The number of piperidine rings is 1. The van der Waals surface area contributed by atoms with Crippen LogP contribution in [0.4, 0.5) is 0 Å². The van der Waals surface area contributed by atoms with Crippen molar-refractivity contribution in [3.05, 3.63) is 63.8 Å². The molecule has 3 aromatic rings. The third-order valence-electron chi connectivity index (χ3n) is 5.72.